The monoisotopic (exact) mass is 398 g/mol. The van der Waals surface area contributed by atoms with E-state index in [0.29, 0.717) is 5.56 Å². The summed E-state index contributed by atoms with van der Waals surface area (Å²) in [4.78, 5) is 12.1. The molecule has 2 aromatic rings. The average Bonchev–Trinajstić information content (AvgIpc) is 2.63. The van der Waals surface area contributed by atoms with E-state index in [1.54, 1.807) is 30.3 Å². The highest BCUT2D eigenvalue weighted by Gasteiger charge is 2.32. The van der Waals surface area contributed by atoms with Crippen LogP contribution in [-0.4, -0.2) is 12.0 Å². The van der Waals surface area contributed by atoms with Gasteiger partial charge in [-0.15, -0.1) is 0 Å². The van der Waals surface area contributed by atoms with Gasteiger partial charge in [0.2, 0.25) is 0 Å². The Morgan fingerprint density at radius 1 is 0.893 bits per heavy atom. The Balaban J connectivity index is 2.06. The van der Waals surface area contributed by atoms with E-state index in [2.05, 4.69) is 11.8 Å². The predicted octanol–water partition coefficient (Wildman–Crippen LogP) is 6.29. The van der Waals surface area contributed by atoms with Crippen LogP contribution in [0.3, 0.4) is 0 Å². The molecule has 0 N–H and O–H groups in total. The zero-order valence-electron chi connectivity index (χ0n) is 14.6. The molecule has 0 heterocycles. The zero-order chi connectivity index (χ0) is 20.8. The van der Waals surface area contributed by atoms with Crippen molar-refractivity contribution in [2.75, 3.05) is 0 Å². The molecule has 0 saturated heterocycles. The molecule has 0 bridgehead atoms. The standard InChI is InChI=1S/C21H16F6O/c22-20(23,24)14-16(7-6-15-4-2-1-3-5-15)8-13-19(28)17-9-11-18(12-10-17)21(25,26)27/h1-5,9-12,16H,8,13-14H2. The van der Waals surface area contributed by atoms with E-state index >= 15 is 0 Å². The van der Waals surface area contributed by atoms with E-state index in [-0.39, 0.29) is 18.4 Å². The van der Waals surface area contributed by atoms with E-state index in [4.69, 9.17) is 0 Å². The number of ketones is 1. The minimum Gasteiger partial charge on any atom is -0.294 e. The molecule has 0 fully saturated rings. The molecule has 0 aliphatic carbocycles. The van der Waals surface area contributed by atoms with Gasteiger partial charge < -0.3 is 0 Å². The molecule has 0 radical (unpaired) electrons. The Hall–Kier alpha value is -2.75. The molecule has 7 heteroatoms. The minimum atomic E-state index is -4.52. The van der Waals surface area contributed by atoms with E-state index in [0.717, 1.165) is 24.3 Å². The lowest BCUT2D eigenvalue weighted by Gasteiger charge is -2.13. The number of rotatable bonds is 5. The number of carbonyl (C=O) groups is 1. The maximum atomic E-state index is 12.8. The molecule has 1 atom stereocenters. The SMILES string of the molecule is O=C(CCC(C#Cc1ccccc1)CC(F)(F)F)c1ccc(C(F)(F)F)cc1. The third kappa shape index (κ3) is 7.10. The molecule has 28 heavy (non-hydrogen) atoms. The topological polar surface area (TPSA) is 17.1 Å². The maximum absolute atomic E-state index is 12.8. The number of halogens is 6. The Labute approximate surface area is 158 Å². The van der Waals surface area contributed by atoms with Gasteiger partial charge >= 0.3 is 12.4 Å². The Morgan fingerprint density at radius 2 is 1.50 bits per heavy atom. The first-order chi connectivity index (χ1) is 13.0. The fourth-order valence-electron chi connectivity index (χ4n) is 2.51. The van der Waals surface area contributed by atoms with Gasteiger partial charge in [0.15, 0.2) is 5.78 Å². The van der Waals surface area contributed by atoms with Crippen LogP contribution in [0.2, 0.25) is 0 Å². The van der Waals surface area contributed by atoms with Crippen molar-refractivity contribution < 1.29 is 31.1 Å². The summed E-state index contributed by atoms with van der Waals surface area (Å²) in [6, 6.07) is 12.1. The highest BCUT2D eigenvalue weighted by molar-refractivity contribution is 5.96. The van der Waals surface area contributed by atoms with E-state index in [1.165, 1.54) is 0 Å². The Kier molecular flexibility index (Phi) is 6.90. The minimum absolute atomic E-state index is 0.0229. The van der Waals surface area contributed by atoms with Gasteiger partial charge in [0.25, 0.3) is 0 Å². The van der Waals surface area contributed by atoms with Gasteiger partial charge in [0, 0.05) is 23.5 Å². The Morgan fingerprint density at radius 3 is 2.04 bits per heavy atom. The van der Waals surface area contributed by atoms with Crippen molar-refractivity contribution in [3.8, 4) is 11.8 Å². The second-order valence-corrected chi connectivity index (χ2v) is 6.19. The lowest BCUT2D eigenvalue weighted by atomic mass is 9.95. The third-order valence-electron chi connectivity index (χ3n) is 3.93. The summed E-state index contributed by atoms with van der Waals surface area (Å²) in [6.45, 7) is 0. The zero-order valence-corrected chi connectivity index (χ0v) is 14.6. The average molecular weight is 398 g/mol. The molecule has 0 aromatic heterocycles. The van der Waals surface area contributed by atoms with E-state index in [1.807, 2.05) is 0 Å². The number of carbonyl (C=O) groups excluding carboxylic acids is 1. The molecule has 2 aromatic carbocycles. The van der Waals surface area contributed by atoms with Crippen LogP contribution in [0.4, 0.5) is 26.3 Å². The van der Waals surface area contributed by atoms with Gasteiger partial charge in [-0.05, 0) is 30.7 Å². The van der Waals surface area contributed by atoms with Gasteiger partial charge in [-0.25, -0.2) is 0 Å². The van der Waals surface area contributed by atoms with Crippen molar-refractivity contribution in [2.24, 2.45) is 5.92 Å². The normalized spacial score (nSPS) is 12.8. The highest BCUT2D eigenvalue weighted by Crippen LogP contribution is 2.30. The van der Waals surface area contributed by atoms with Crippen molar-refractivity contribution in [3.63, 3.8) is 0 Å². The lowest BCUT2D eigenvalue weighted by Crippen LogP contribution is -2.15. The van der Waals surface area contributed by atoms with Crippen LogP contribution in [0.1, 0.15) is 40.7 Å². The van der Waals surface area contributed by atoms with Crippen molar-refractivity contribution >= 4 is 5.78 Å². The molecule has 1 nitrogen and oxygen atoms in total. The van der Waals surface area contributed by atoms with Crippen LogP contribution < -0.4 is 0 Å². The largest absolute Gasteiger partial charge is 0.416 e. The second kappa shape index (κ2) is 8.96. The number of Topliss-reactive ketones (excluding diaryl/α,β-unsaturated/α-hetero) is 1. The quantitative estimate of drug-likeness (QED) is 0.329. The van der Waals surface area contributed by atoms with Crippen LogP contribution >= 0.6 is 0 Å². The molecule has 1 unspecified atom stereocenters. The van der Waals surface area contributed by atoms with Crippen molar-refractivity contribution in [1.82, 2.24) is 0 Å². The summed E-state index contributed by atoms with van der Waals surface area (Å²) >= 11 is 0. The molecule has 2 rings (SSSR count). The fourth-order valence-corrected chi connectivity index (χ4v) is 2.51. The summed E-state index contributed by atoms with van der Waals surface area (Å²) in [5.41, 5.74) is -0.314. The van der Waals surface area contributed by atoms with Crippen LogP contribution in [0.25, 0.3) is 0 Å². The van der Waals surface area contributed by atoms with Gasteiger partial charge in [-0.1, -0.05) is 42.2 Å². The third-order valence-corrected chi connectivity index (χ3v) is 3.93. The predicted molar refractivity (Wildman–Crippen MR) is 92.5 cm³/mol. The lowest BCUT2D eigenvalue weighted by molar-refractivity contribution is -0.141. The molecular weight excluding hydrogens is 382 g/mol. The molecule has 148 valence electrons. The van der Waals surface area contributed by atoms with Crippen molar-refractivity contribution in [3.05, 3.63) is 71.3 Å². The first kappa shape index (κ1) is 21.5. The molecule has 0 aliphatic heterocycles. The molecule has 0 spiro atoms. The summed E-state index contributed by atoms with van der Waals surface area (Å²) < 4.78 is 76.0. The van der Waals surface area contributed by atoms with Gasteiger partial charge in [0.1, 0.15) is 0 Å². The Bertz CT molecular complexity index is 839. The first-order valence-electron chi connectivity index (χ1n) is 8.38. The summed E-state index contributed by atoms with van der Waals surface area (Å²) in [5.74, 6) is 3.62. The van der Waals surface area contributed by atoms with Crippen LogP contribution in [-0.2, 0) is 6.18 Å². The summed E-state index contributed by atoms with van der Waals surface area (Å²) in [7, 11) is 0. The van der Waals surface area contributed by atoms with Crippen molar-refractivity contribution in [1.29, 1.82) is 0 Å². The first-order valence-corrected chi connectivity index (χ1v) is 8.38. The smallest absolute Gasteiger partial charge is 0.294 e. The van der Waals surface area contributed by atoms with E-state index < -0.39 is 36.0 Å². The molecule has 0 amide bonds. The summed E-state index contributed by atoms with van der Waals surface area (Å²) in [6.07, 6.45) is -10.5. The maximum Gasteiger partial charge on any atom is 0.416 e. The van der Waals surface area contributed by atoms with E-state index in [9.17, 15) is 31.1 Å². The second-order valence-electron chi connectivity index (χ2n) is 6.19. The number of alkyl halides is 6. The van der Waals surface area contributed by atoms with Crippen molar-refractivity contribution in [2.45, 2.75) is 31.6 Å². The van der Waals surface area contributed by atoms with Gasteiger partial charge in [-0.2, -0.15) is 26.3 Å². The summed E-state index contributed by atoms with van der Waals surface area (Å²) in [5, 5.41) is 0. The van der Waals surface area contributed by atoms with Crippen LogP contribution in [0.15, 0.2) is 54.6 Å². The molecular formula is C21H16F6O. The van der Waals surface area contributed by atoms with Crippen LogP contribution in [0.5, 0.6) is 0 Å². The highest BCUT2D eigenvalue weighted by atomic mass is 19.4. The number of hydrogen-bond donors (Lipinski definition) is 0. The number of benzene rings is 2. The van der Waals surface area contributed by atoms with Gasteiger partial charge in [0.05, 0.1) is 12.0 Å². The molecule has 0 saturated carbocycles. The van der Waals surface area contributed by atoms with Crippen LogP contribution in [0, 0.1) is 17.8 Å². The fraction of sp³-hybridized carbons (Fsp3) is 0.286. The molecule has 0 aliphatic rings. The van der Waals surface area contributed by atoms with Gasteiger partial charge in [-0.3, -0.25) is 4.79 Å². The number of hydrogen-bond acceptors (Lipinski definition) is 1.